The van der Waals surface area contributed by atoms with Crippen molar-refractivity contribution in [2.45, 2.75) is 13.3 Å². The van der Waals surface area contributed by atoms with Crippen LogP contribution in [0.3, 0.4) is 0 Å². The van der Waals surface area contributed by atoms with Crippen LogP contribution >= 0.6 is 11.6 Å². The van der Waals surface area contributed by atoms with Crippen LogP contribution in [-0.4, -0.2) is 26.7 Å². The van der Waals surface area contributed by atoms with E-state index in [9.17, 15) is 0 Å². The van der Waals surface area contributed by atoms with Crippen LogP contribution in [0, 0.1) is 6.92 Å². The Bertz CT molecular complexity index is 737. The molecule has 2 aromatic heterocycles. The lowest BCUT2D eigenvalue weighted by atomic mass is 10.1. The first-order chi connectivity index (χ1) is 9.74. The molecule has 0 saturated carbocycles. The zero-order valence-electron chi connectivity index (χ0n) is 11.0. The van der Waals surface area contributed by atoms with Crippen molar-refractivity contribution < 1.29 is 0 Å². The summed E-state index contributed by atoms with van der Waals surface area (Å²) in [6, 6.07) is 8.35. The summed E-state index contributed by atoms with van der Waals surface area (Å²) in [4.78, 5) is 8.28. The van der Waals surface area contributed by atoms with Crippen LogP contribution in [0.15, 0.2) is 30.5 Å². The third kappa shape index (κ3) is 2.58. The summed E-state index contributed by atoms with van der Waals surface area (Å²) in [5.41, 5.74) is 3.26. The van der Waals surface area contributed by atoms with Crippen molar-refractivity contribution in [3.05, 3.63) is 46.9 Å². The van der Waals surface area contributed by atoms with Gasteiger partial charge in [0.15, 0.2) is 5.65 Å². The molecule has 20 heavy (non-hydrogen) atoms. The third-order valence-electron chi connectivity index (χ3n) is 3.23. The van der Waals surface area contributed by atoms with Crippen LogP contribution in [0.2, 0.25) is 5.28 Å². The lowest BCUT2D eigenvalue weighted by Gasteiger charge is -2.08. The summed E-state index contributed by atoms with van der Waals surface area (Å²) in [5.74, 6) is 0.710. The molecular formula is C14H14ClN5. The Morgan fingerprint density at radius 3 is 2.95 bits per heavy atom. The molecule has 0 spiro atoms. The Morgan fingerprint density at radius 2 is 2.10 bits per heavy atom. The van der Waals surface area contributed by atoms with Crippen molar-refractivity contribution in [2.24, 2.45) is 0 Å². The highest BCUT2D eigenvalue weighted by Crippen LogP contribution is 2.20. The van der Waals surface area contributed by atoms with Crippen LogP contribution in [0.5, 0.6) is 0 Å². The average Bonchev–Trinajstić information content (AvgIpc) is 2.89. The minimum Gasteiger partial charge on any atom is -0.369 e. The molecule has 3 aromatic rings. The second kappa shape index (κ2) is 5.46. The van der Waals surface area contributed by atoms with Crippen molar-refractivity contribution >= 4 is 28.5 Å². The molecule has 0 aliphatic carbocycles. The van der Waals surface area contributed by atoms with Crippen molar-refractivity contribution in [2.75, 3.05) is 11.9 Å². The number of aryl methyl sites for hydroxylation is 1. The number of halogens is 1. The molecule has 2 N–H and O–H groups in total. The van der Waals surface area contributed by atoms with E-state index < -0.39 is 0 Å². The van der Waals surface area contributed by atoms with Gasteiger partial charge in [-0.3, -0.25) is 5.10 Å². The van der Waals surface area contributed by atoms with Crippen LogP contribution < -0.4 is 5.32 Å². The molecule has 0 aliphatic heterocycles. The van der Waals surface area contributed by atoms with E-state index in [0.717, 1.165) is 18.4 Å². The quantitative estimate of drug-likeness (QED) is 0.724. The smallest absolute Gasteiger partial charge is 0.226 e. The average molecular weight is 288 g/mol. The van der Waals surface area contributed by atoms with Crippen LogP contribution in [-0.2, 0) is 6.42 Å². The highest BCUT2D eigenvalue weighted by atomic mass is 35.5. The minimum atomic E-state index is 0.208. The maximum atomic E-state index is 5.89. The Balaban J connectivity index is 1.74. The lowest BCUT2D eigenvalue weighted by Crippen LogP contribution is -2.08. The van der Waals surface area contributed by atoms with Crippen molar-refractivity contribution in [1.82, 2.24) is 20.2 Å². The van der Waals surface area contributed by atoms with E-state index in [0.29, 0.717) is 11.5 Å². The first-order valence-electron chi connectivity index (χ1n) is 6.39. The predicted octanol–water partition coefficient (Wildman–Crippen LogP) is 2.97. The Morgan fingerprint density at radius 1 is 1.25 bits per heavy atom. The second-order valence-electron chi connectivity index (χ2n) is 4.58. The summed E-state index contributed by atoms with van der Waals surface area (Å²) in [5, 5.41) is 11.1. The zero-order valence-corrected chi connectivity index (χ0v) is 11.8. The van der Waals surface area contributed by atoms with E-state index in [2.05, 4.69) is 50.6 Å². The number of hydrogen-bond acceptors (Lipinski definition) is 4. The molecule has 1 aromatic carbocycles. The molecule has 102 valence electrons. The molecule has 0 aliphatic rings. The highest BCUT2D eigenvalue weighted by Gasteiger charge is 2.08. The maximum absolute atomic E-state index is 5.89. The number of rotatable bonds is 4. The number of fused-ring (bicyclic) bond motifs is 1. The number of aromatic nitrogens is 4. The predicted molar refractivity (Wildman–Crippen MR) is 80.1 cm³/mol. The fourth-order valence-electron chi connectivity index (χ4n) is 2.15. The normalized spacial score (nSPS) is 10.9. The fraction of sp³-hybridized carbons (Fsp3) is 0.214. The topological polar surface area (TPSA) is 66.5 Å². The second-order valence-corrected chi connectivity index (χ2v) is 4.91. The van der Waals surface area contributed by atoms with Crippen molar-refractivity contribution in [1.29, 1.82) is 0 Å². The van der Waals surface area contributed by atoms with Gasteiger partial charge in [0.05, 0.1) is 11.6 Å². The highest BCUT2D eigenvalue weighted by molar-refractivity contribution is 6.28. The summed E-state index contributed by atoms with van der Waals surface area (Å²) in [6.45, 7) is 2.89. The molecule has 0 atom stereocenters. The van der Waals surface area contributed by atoms with Gasteiger partial charge >= 0.3 is 0 Å². The molecule has 0 bridgehead atoms. The van der Waals surface area contributed by atoms with Gasteiger partial charge in [-0.1, -0.05) is 24.3 Å². The van der Waals surface area contributed by atoms with Gasteiger partial charge in [0, 0.05) is 6.54 Å². The number of aromatic amines is 1. The Labute approximate surface area is 121 Å². The molecule has 6 heteroatoms. The first kappa shape index (κ1) is 12.9. The lowest BCUT2D eigenvalue weighted by molar-refractivity contribution is 0.993. The third-order valence-corrected chi connectivity index (χ3v) is 3.40. The fourth-order valence-corrected chi connectivity index (χ4v) is 2.32. The van der Waals surface area contributed by atoms with Gasteiger partial charge in [0.2, 0.25) is 5.28 Å². The molecule has 0 fully saturated rings. The SMILES string of the molecule is Cc1ccccc1CCNc1nc(Cl)nc2[nH]ncc12. The number of benzene rings is 1. The van der Waals surface area contributed by atoms with Crippen molar-refractivity contribution in [3.63, 3.8) is 0 Å². The molecule has 0 amide bonds. The summed E-state index contributed by atoms with van der Waals surface area (Å²) >= 11 is 5.89. The van der Waals surface area contributed by atoms with E-state index in [1.54, 1.807) is 6.20 Å². The summed E-state index contributed by atoms with van der Waals surface area (Å²) < 4.78 is 0. The molecule has 0 saturated heterocycles. The summed E-state index contributed by atoms with van der Waals surface area (Å²) in [7, 11) is 0. The Kier molecular flexibility index (Phi) is 3.52. The van der Waals surface area contributed by atoms with Crippen molar-refractivity contribution in [3.8, 4) is 0 Å². The molecule has 0 radical (unpaired) electrons. The van der Waals surface area contributed by atoms with Gasteiger partial charge < -0.3 is 5.32 Å². The van der Waals surface area contributed by atoms with Gasteiger partial charge in [-0.15, -0.1) is 0 Å². The molecule has 2 heterocycles. The van der Waals surface area contributed by atoms with E-state index in [1.165, 1.54) is 11.1 Å². The van der Waals surface area contributed by atoms with Gasteiger partial charge in [-0.05, 0) is 36.1 Å². The number of anilines is 1. The van der Waals surface area contributed by atoms with E-state index in [-0.39, 0.29) is 5.28 Å². The van der Waals surface area contributed by atoms with Gasteiger partial charge in [0.25, 0.3) is 0 Å². The first-order valence-corrected chi connectivity index (χ1v) is 6.77. The minimum absolute atomic E-state index is 0.208. The largest absolute Gasteiger partial charge is 0.369 e. The number of hydrogen-bond donors (Lipinski definition) is 2. The van der Waals surface area contributed by atoms with E-state index in [4.69, 9.17) is 11.6 Å². The number of nitrogens with zero attached hydrogens (tertiary/aromatic N) is 3. The standard InChI is InChI=1S/C14H14ClN5/c1-9-4-2-3-5-10(9)6-7-16-12-11-8-17-20-13(11)19-14(15)18-12/h2-5,8H,6-7H2,1H3,(H2,16,17,18,19,20). The van der Waals surface area contributed by atoms with E-state index in [1.807, 2.05) is 6.07 Å². The van der Waals surface area contributed by atoms with Crippen LogP contribution in [0.25, 0.3) is 11.0 Å². The molecule has 0 unspecified atom stereocenters. The molecule has 3 rings (SSSR count). The monoisotopic (exact) mass is 287 g/mol. The molecule has 5 nitrogen and oxygen atoms in total. The van der Waals surface area contributed by atoms with Gasteiger partial charge in [-0.2, -0.15) is 15.1 Å². The number of nitrogens with one attached hydrogen (secondary N) is 2. The van der Waals surface area contributed by atoms with Gasteiger partial charge in [0.1, 0.15) is 5.82 Å². The Hall–Kier alpha value is -2.14. The molecular weight excluding hydrogens is 274 g/mol. The van der Waals surface area contributed by atoms with Gasteiger partial charge in [-0.25, -0.2) is 0 Å². The number of H-pyrrole nitrogens is 1. The van der Waals surface area contributed by atoms with Crippen LogP contribution in [0.4, 0.5) is 5.82 Å². The zero-order chi connectivity index (χ0) is 13.9. The summed E-state index contributed by atoms with van der Waals surface area (Å²) in [6.07, 6.45) is 2.62. The maximum Gasteiger partial charge on any atom is 0.226 e. The van der Waals surface area contributed by atoms with Crippen LogP contribution in [0.1, 0.15) is 11.1 Å². The van der Waals surface area contributed by atoms with E-state index >= 15 is 0 Å².